The van der Waals surface area contributed by atoms with E-state index in [9.17, 15) is 0 Å². The molecule has 0 radical (unpaired) electrons. The number of nitrogens with zero attached hydrogens (tertiary/aromatic N) is 2. The van der Waals surface area contributed by atoms with Crippen LogP contribution in [0.25, 0.3) is 0 Å². The maximum atomic E-state index is 5.25. The highest BCUT2D eigenvalue weighted by Gasteiger charge is 2.23. The molecule has 1 aliphatic rings. The highest BCUT2D eigenvalue weighted by Crippen LogP contribution is 2.21. The number of nitrogens with two attached hydrogens (primary N) is 1. The van der Waals surface area contributed by atoms with Gasteiger partial charge in [0.15, 0.2) is 10.9 Å². The van der Waals surface area contributed by atoms with E-state index < -0.39 is 0 Å². The Morgan fingerprint density at radius 2 is 2.50 bits per heavy atom. The summed E-state index contributed by atoms with van der Waals surface area (Å²) in [6.07, 6.45) is 0.909. The maximum absolute atomic E-state index is 5.25. The molecule has 0 aromatic carbocycles. The lowest BCUT2D eigenvalue weighted by atomic mass is 10.1. The molecule has 1 aromatic heterocycles. The molecule has 0 fully saturated rings. The van der Waals surface area contributed by atoms with Crippen LogP contribution in [0.15, 0.2) is 4.52 Å². The van der Waals surface area contributed by atoms with Crippen molar-refractivity contribution >= 4 is 17.3 Å². The molecule has 3 N–H and O–H groups in total. The molecular weight excluding hydrogens is 200 g/mol. The van der Waals surface area contributed by atoms with Crippen LogP contribution in [0.4, 0.5) is 0 Å². The number of aryl methyl sites for hydroxylation is 1. The van der Waals surface area contributed by atoms with Gasteiger partial charge in [0, 0.05) is 12.1 Å². The van der Waals surface area contributed by atoms with E-state index in [1.54, 1.807) is 0 Å². The zero-order valence-corrected chi connectivity index (χ0v) is 8.73. The normalized spacial score (nSPS) is 15.1. The van der Waals surface area contributed by atoms with Crippen molar-refractivity contribution in [3.05, 3.63) is 17.0 Å². The van der Waals surface area contributed by atoms with Crippen molar-refractivity contribution in [1.82, 2.24) is 15.5 Å². The summed E-state index contributed by atoms with van der Waals surface area (Å²) in [5, 5.41) is 4.47. The molecule has 0 unspecified atom stereocenters. The van der Waals surface area contributed by atoms with Gasteiger partial charge >= 0.3 is 0 Å². The summed E-state index contributed by atoms with van der Waals surface area (Å²) >= 11 is 5.04. The van der Waals surface area contributed by atoms with E-state index in [2.05, 4.69) is 10.6 Å². The van der Waals surface area contributed by atoms with Crippen molar-refractivity contribution in [3.8, 4) is 0 Å². The Hall–Kier alpha value is -1.14. The zero-order valence-electron chi connectivity index (χ0n) is 7.91. The van der Waals surface area contributed by atoms with Crippen LogP contribution in [0.3, 0.4) is 0 Å². The first-order chi connectivity index (χ1) is 6.72. The van der Waals surface area contributed by atoms with Crippen molar-refractivity contribution in [2.24, 2.45) is 5.84 Å². The molecule has 1 aromatic rings. The minimum Gasteiger partial charge on any atom is -0.359 e. The fraction of sp³-hybridized carbons (Fsp3) is 0.500. The van der Waals surface area contributed by atoms with Crippen molar-refractivity contribution in [3.63, 3.8) is 0 Å². The van der Waals surface area contributed by atoms with Crippen LogP contribution in [-0.4, -0.2) is 21.7 Å². The third kappa shape index (κ3) is 1.46. The van der Waals surface area contributed by atoms with Crippen molar-refractivity contribution in [1.29, 1.82) is 0 Å². The minimum atomic E-state index is 0.546. The van der Waals surface area contributed by atoms with Gasteiger partial charge in [0.05, 0.1) is 12.2 Å². The second kappa shape index (κ2) is 3.55. The highest BCUT2D eigenvalue weighted by molar-refractivity contribution is 7.80. The monoisotopic (exact) mass is 212 g/mol. The summed E-state index contributed by atoms with van der Waals surface area (Å²) in [6, 6.07) is 0. The SMILES string of the molecule is Cc1noc2c1CCN(C(=S)NN)C2. The quantitative estimate of drug-likeness (QED) is 0.361. The van der Waals surface area contributed by atoms with Crippen LogP contribution in [0.1, 0.15) is 17.0 Å². The second-order valence-corrected chi connectivity index (χ2v) is 3.68. The number of aromatic nitrogens is 1. The molecule has 5 nitrogen and oxygen atoms in total. The molecule has 2 rings (SSSR count). The van der Waals surface area contributed by atoms with Gasteiger partial charge in [-0.3, -0.25) is 0 Å². The zero-order chi connectivity index (χ0) is 10.1. The van der Waals surface area contributed by atoms with Gasteiger partial charge in [-0.25, -0.2) is 5.84 Å². The highest BCUT2D eigenvalue weighted by atomic mass is 32.1. The number of nitrogens with one attached hydrogen (secondary N) is 1. The largest absolute Gasteiger partial charge is 0.359 e. The van der Waals surface area contributed by atoms with Crippen molar-refractivity contribution < 1.29 is 4.52 Å². The van der Waals surface area contributed by atoms with Gasteiger partial charge in [0.1, 0.15) is 0 Å². The van der Waals surface area contributed by atoms with E-state index in [4.69, 9.17) is 22.6 Å². The number of thiocarbonyl (C=S) groups is 1. The van der Waals surface area contributed by atoms with Gasteiger partial charge < -0.3 is 14.8 Å². The topological polar surface area (TPSA) is 67.3 Å². The van der Waals surface area contributed by atoms with Gasteiger partial charge in [-0.05, 0) is 25.6 Å². The van der Waals surface area contributed by atoms with Gasteiger partial charge in [0.25, 0.3) is 0 Å². The Morgan fingerprint density at radius 1 is 1.71 bits per heavy atom. The van der Waals surface area contributed by atoms with Crippen LogP contribution >= 0.6 is 12.2 Å². The van der Waals surface area contributed by atoms with Crippen molar-refractivity contribution in [2.45, 2.75) is 19.9 Å². The van der Waals surface area contributed by atoms with Crippen molar-refractivity contribution in [2.75, 3.05) is 6.54 Å². The second-order valence-electron chi connectivity index (χ2n) is 3.29. The fourth-order valence-corrected chi connectivity index (χ4v) is 1.80. The number of hydrogen-bond donors (Lipinski definition) is 2. The van der Waals surface area contributed by atoms with E-state index in [0.29, 0.717) is 11.7 Å². The average Bonchev–Trinajstić information content (AvgIpc) is 2.59. The summed E-state index contributed by atoms with van der Waals surface area (Å²) in [6.45, 7) is 3.47. The molecule has 2 heterocycles. The average molecular weight is 212 g/mol. The minimum absolute atomic E-state index is 0.546. The van der Waals surface area contributed by atoms with Gasteiger partial charge in [0.2, 0.25) is 0 Å². The fourth-order valence-electron chi connectivity index (χ4n) is 1.64. The molecule has 0 bridgehead atoms. The van der Waals surface area contributed by atoms with E-state index >= 15 is 0 Å². The number of hydrogen-bond acceptors (Lipinski definition) is 4. The first kappa shape index (κ1) is 9.42. The summed E-state index contributed by atoms with van der Waals surface area (Å²) in [7, 11) is 0. The summed E-state index contributed by atoms with van der Waals surface area (Å²) < 4.78 is 5.19. The van der Waals surface area contributed by atoms with Crippen LogP contribution in [0.5, 0.6) is 0 Å². The van der Waals surface area contributed by atoms with Gasteiger partial charge in [-0.1, -0.05) is 5.16 Å². The van der Waals surface area contributed by atoms with E-state index in [0.717, 1.165) is 24.4 Å². The number of fused-ring (bicyclic) bond motifs is 1. The lowest BCUT2D eigenvalue weighted by Gasteiger charge is -2.27. The molecule has 0 atom stereocenters. The number of rotatable bonds is 0. The molecule has 6 heteroatoms. The molecule has 14 heavy (non-hydrogen) atoms. The van der Waals surface area contributed by atoms with Crippen LogP contribution in [-0.2, 0) is 13.0 Å². The first-order valence-electron chi connectivity index (χ1n) is 4.42. The molecule has 0 saturated heterocycles. The summed E-state index contributed by atoms with van der Waals surface area (Å²) in [5.41, 5.74) is 4.65. The van der Waals surface area contributed by atoms with Crippen LogP contribution < -0.4 is 11.3 Å². The number of hydrazine groups is 1. The third-order valence-corrected chi connectivity index (χ3v) is 2.82. The Labute approximate surface area is 87.2 Å². The van der Waals surface area contributed by atoms with E-state index in [-0.39, 0.29) is 0 Å². The first-order valence-corrected chi connectivity index (χ1v) is 4.82. The molecular formula is C8H12N4OS. The van der Waals surface area contributed by atoms with Gasteiger partial charge in [-0.2, -0.15) is 0 Å². The Kier molecular flexibility index (Phi) is 2.39. The Morgan fingerprint density at radius 3 is 3.21 bits per heavy atom. The van der Waals surface area contributed by atoms with Crippen LogP contribution in [0, 0.1) is 6.92 Å². The third-order valence-electron chi connectivity index (χ3n) is 2.44. The summed E-state index contributed by atoms with van der Waals surface area (Å²) in [5.74, 6) is 6.14. The maximum Gasteiger partial charge on any atom is 0.183 e. The predicted octanol–water partition coefficient (Wildman–Crippen LogP) is 0.0893. The molecule has 76 valence electrons. The summed E-state index contributed by atoms with van der Waals surface area (Å²) in [4.78, 5) is 1.96. The molecule has 0 amide bonds. The molecule has 1 aliphatic heterocycles. The molecule has 0 spiro atoms. The Balaban J connectivity index is 2.18. The Bertz CT molecular complexity index is 362. The predicted molar refractivity (Wildman–Crippen MR) is 55.3 cm³/mol. The molecule has 0 saturated carbocycles. The van der Waals surface area contributed by atoms with E-state index in [1.807, 2.05) is 11.8 Å². The van der Waals surface area contributed by atoms with Crippen LogP contribution in [0.2, 0.25) is 0 Å². The standard InChI is InChI=1S/C8H12N4OS/c1-5-6-2-3-12(8(14)10-9)4-7(6)13-11-5/h2-4,9H2,1H3,(H,10,14). The van der Waals surface area contributed by atoms with Gasteiger partial charge in [-0.15, -0.1) is 0 Å². The smallest absolute Gasteiger partial charge is 0.183 e. The lowest BCUT2D eigenvalue weighted by Crippen LogP contribution is -2.45. The lowest BCUT2D eigenvalue weighted by molar-refractivity contribution is 0.300. The molecule has 0 aliphatic carbocycles. The van der Waals surface area contributed by atoms with E-state index in [1.165, 1.54) is 5.56 Å².